The summed E-state index contributed by atoms with van der Waals surface area (Å²) < 4.78 is 2.88. The van der Waals surface area contributed by atoms with E-state index in [0.29, 0.717) is 6.04 Å². The Morgan fingerprint density at radius 2 is 1.90 bits per heavy atom. The Balaban J connectivity index is 2.75. The van der Waals surface area contributed by atoms with Crippen LogP contribution in [0.1, 0.15) is 18.5 Å². The van der Waals surface area contributed by atoms with Crippen molar-refractivity contribution in [1.82, 2.24) is 4.72 Å². The summed E-state index contributed by atoms with van der Waals surface area (Å²) in [5.41, 5.74) is 1.26. The molecular formula is C8H11NS. The lowest BCUT2D eigenvalue weighted by Crippen LogP contribution is -2.05. The number of hydrogen-bond acceptors (Lipinski definition) is 2. The van der Waals surface area contributed by atoms with Gasteiger partial charge in [0, 0.05) is 6.04 Å². The summed E-state index contributed by atoms with van der Waals surface area (Å²) in [5, 5.41) is 0. The molecule has 0 aliphatic carbocycles. The topological polar surface area (TPSA) is 12.0 Å². The van der Waals surface area contributed by atoms with Crippen LogP contribution in [0.5, 0.6) is 0 Å². The molecule has 1 nitrogen and oxygen atoms in total. The summed E-state index contributed by atoms with van der Waals surface area (Å²) >= 11 is 3.98. The monoisotopic (exact) mass is 153 g/mol. The second-order valence-corrected chi connectivity index (χ2v) is 2.52. The van der Waals surface area contributed by atoms with Crippen LogP contribution in [0.15, 0.2) is 30.3 Å². The highest BCUT2D eigenvalue weighted by molar-refractivity contribution is 7.78. The Kier molecular flexibility index (Phi) is 2.78. The van der Waals surface area contributed by atoms with Crippen LogP contribution in [0.25, 0.3) is 0 Å². The van der Waals surface area contributed by atoms with Crippen molar-refractivity contribution in [3.05, 3.63) is 35.9 Å². The van der Waals surface area contributed by atoms with Gasteiger partial charge in [-0.05, 0) is 12.5 Å². The van der Waals surface area contributed by atoms with Crippen LogP contribution in [0, 0.1) is 0 Å². The van der Waals surface area contributed by atoms with Gasteiger partial charge in [-0.3, -0.25) is 4.72 Å². The maximum Gasteiger partial charge on any atom is 0.0390 e. The Morgan fingerprint density at radius 1 is 1.30 bits per heavy atom. The summed E-state index contributed by atoms with van der Waals surface area (Å²) in [7, 11) is 0. The summed E-state index contributed by atoms with van der Waals surface area (Å²) in [4.78, 5) is 0. The molecule has 1 atom stereocenters. The van der Waals surface area contributed by atoms with Gasteiger partial charge >= 0.3 is 0 Å². The van der Waals surface area contributed by atoms with Crippen LogP contribution < -0.4 is 4.72 Å². The van der Waals surface area contributed by atoms with Gasteiger partial charge in [0.15, 0.2) is 0 Å². The van der Waals surface area contributed by atoms with Crippen molar-refractivity contribution in [3.63, 3.8) is 0 Å². The first kappa shape index (κ1) is 7.63. The molecule has 1 N–H and O–H groups in total. The molecule has 1 aromatic rings. The Labute approximate surface area is 67.0 Å². The third-order valence-electron chi connectivity index (χ3n) is 1.49. The highest BCUT2D eigenvalue weighted by Crippen LogP contribution is 2.10. The molecule has 0 heterocycles. The van der Waals surface area contributed by atoms with Gasteiger partial charge in [0.05, 0.1) is 0 Å². The zero-order valence-electron chi connectivity index (χ0n) is 5.91. The largest absolute Gasteiger partial charge is 0.260 e. The van der Waals surface area contributed by atoms with E-state index >= 15 is 0 Å². The van der Waals surface area contributed by atoms with Crippen LogP contribution in [0.4, 0.5) is 0 Å². The zero-order valence-corrected chi connectivity index (χ0v) is 6.81. The van der Waals surface area contributed by atoms with Gasteiger partial charge in [-0.15, -0.1) is 0 Å². The molecule has 1 rings (SSSR count). The lowest BCUT2D eigenvalue weighted by atomic mass is 10.1. The van der Waals surface area contributed by atoms with Crippen molar-refractivity contribution in [2.45, 2.75) is 13.0 Å². The smallest absolute Gasteiger partial charge is 0.0390 e. The van der Waals surface area contributed by atoms with Crippen molar-refractivity contribution in [2.75, 3.05) is 0 Å². The van der Waals surface area contributed by atoms with Crippen LogP contribution in [-0.2, 0) is 0 Å². The van der Waals surface area contributed by atoms with Gasteiger partial charge in [-0.25, -0.2) is 0 Å². The van der Waals surface area contributed by atoms with Gasteiger partial charge in [-0.2, -0.15) is 0 Å². The molecule has 1 aromatic carbocycles. The van der Waals surface area contributed by atoms with Crippen LogP contribution >= 0.6 is 12.8 Å². The minimum absolute atomic E-state index is 0.324. The van der Waals surface area contributed by atoms with Crippen LogP contribution in [0.2, 0.25) is 0 Å². The summed E-state index contributed by atoms with van der Waals surface area (Å²) in [6.07, 6.45) is 0. The lowest BCUT2D eigenvalue weighted by Gasteiger charge is -2.07. The highest BCUT2D eigenvalue weighted by Gasteiger charge is 1.98. The van der Waals surface area contributed by atoms with E-state index in [9.17, 15) is 0 Å². The standard InChI is InChI=1S/C8H11NS/c1-7(9-10)8-5-3-2-4-6-8/h2-7,9-10H,1H3/t7-/m1/s1. The normalized spacial score (nSPS) is 13.0. The lowest BCUT2D eigenvalue weighted by molar-refractivity contribution is 0.759. The molecule has 0 aliphatic heterocycles. The van der Waals surface area contributed by atoms with E-state index in [-0.39, 0.29) is 0 Å². The zero-order chi connectivity index (χ0) is 7.40. The number of thiol groups is 1. The molecule has 0 unspecified atom stereocenters. The Bertz CT molecular complexity index is 186. The van der Waals surface area contributed by atoms with Crippen LogP contribution in [-0.4, -0.2) is 0 Å². The number of nitrogens with one attached hydrogen (secondary N) is 1. The predicted molar refractivity (Wildman–Crippen MR) is 47.0 cm³/mol. The minimum Gasteiger partial charge on any atom is -0.260 e. The predicted octanol–water partition coefficient (Wildman–Crippen LogP) is 2.18. The molecule has 0 saturated carbocycles. The van der Waals surface area contributed by atoms with E-state index in [4.69, 9.17) is 0 Å². The van der Waals surface area contributed by atoms with Gasteiger partial charge in [0.2, 0.25) is 0 Å². The molecule has 0 saturated heterocycles. The van der Waals surface area contributed by atoms with E-state index in [2.05, 4.69) is 36.6 Å². The maximum absolute atomic E-state index is 3.98. The molecule has 0 bridgehead atoms. The van der Waals surface area contributed by atoms with Gasteiger partial charge in [0.25, 0.3) is 0 Å². The second-order valence-electron chi connectivity index (χ2n) is 2.26. The SMILES string of the molecule is C[C@@H](NS)c1ccccc1. The second kappa shape index (κ2) is 3.64. The first-order valence-electron chi connectivity index (χ1n) is 3.29. The van der Waals surface area contributed by atoms with Crippen molar-refractivity contribution in [2.24, 2.45) is 0 Å². The molecule has 0 amide bonds. The third kappa shape index (κ3) is 1.75. The molecule has 2 heteroatoms. The average Bonchev–Trinajstić information content (AvgIpc) is 2.05. The summed E-state index contributed by atoms with van der Waals surface area (Å²) in [6.45, 7) is 2.07. The fourth-order valence-electron chi connectivity index (χ4n) is 0.816. The molecule has 0 aliphatic rings. The van der Waals surface area contributed by atoms with Crippen molar-refractivity contribution >= 4 is 12.8 Å². The number of hydrogen-bond donors (Lipinski definition) is 2. The van der Waals surface area contributed by atoms with Gasteiger partial charge < -0.3 is 0 Å². The molecule has 0 spiro atoms. The van der Waals surface area contributed by atoms with Gasteiger partial charge in [0.1, 0.15) is 0 Å². The van der Waals surface area contributed by atoms with Crippen molar-refractivity contribution in [3.8, 4) is 0 Å². The molecular weight excluding hydrogens is 142 g/mol. The van der Waals surface area contributed by atoms with E-state index in [1.54, 1.807) is 0 Å². The third-order valence-corrected chi connectivity index (χ3v) is 1.88. The molecule has 10 heavy (non-hydrogen) atoms. The quantitative estimate of drug-likeness (QED) is 0.621. The summed E-state index contributed by atoms with van der Waals surface area (Å²) in [6, 6.07) is 10.5. The number of rotatable bonds is 2. The Hall–Kier alpha value is -0.470. The van der Waals surface area contributed by atoms with E-state index < -0.39 is 0 Å². The molecule has 54 valence electrons. The number of benzene rings is 1. The average molecular weight is 153 g/mol. The first-order valence-corrected chi connectivity index (χ1v) is 3.74. The first-order chi connectivity index (χ1) is 4.84. The fourth-order valence-corrected chi connectivity index (χ4v) is 0.965. The minimum atomic E-state index is 0.324. The van der Waals surface area contributed by atoms with Crippen molar-refractivity contribution < 1.29 is 0 Å². The van der Waals surface area contributed by atoms with Crippen LogP contribution in [0.3, 0.4) is 0 Å². The highest BCUT2D eigenvalue weighted by atomic mass is 32.1. The maximum atomic E-state index is 3.98. The van der Waals surface area contributed by atoms with Crippen molar-refractivity contribution in [1.29, 1.82) is 0 Å². The van der Waals surface area contributed by atoms with E-state index in [0.717, 1.165) is 0 Å². The Morgan fingerprint density at radius 3 is 2.40 bits per heavy atom. The molecule has 0 radical (unpaired) electrons. The van der Waals surface area contributed by atoms with E-state index in [1.165, 1.54) is 5.56 Å². The van der Waals surface area contributed by atoms with Gasteiger partial charge in [-0.1, -0.05) is 43.1 Å². The molecule has 0 aromatic heterocycles. The van der Waals surface area contributed by atoms with E-state index in [1.807, 2.05) is 18.2 Å². The molecule has 0 fully saturated rings. The fraction of sp³-hybridized carbons (Fsp3) is 0.250. The summed E-state index contributed by atoms with van der Waals surface area (Å²) in [5.74, 6) is 0.